The maximum absolute atomic E-state index is 14.6. The summed E-state index contributed by atoms with van der Waals surface area (Å²) in [6.45, 7) is 2.62. The normalized spacial score (nSPS) is 17.9. The molecule has 0 radical (unpaired) electrons. The van der Waals surface area contributed by atoms with Crippen LogP contribution in [0.1, 0.15) is 70.1 Å². The third-order valence-electron chi connectivity index (χ3n) is 9.70. The molecular formula is C37H29F3N6O3S. The van der Waals surface area contributed by atoms with Crippen LogP contribution in [0.2, 0.25) is 0 Å². The molecule has 0 saturated carbocycles. The van der Waals surface area contributed by atoms with E-state index in [2.05, 4.69) is 20.5 Å². The summed E-state index contributed by atoms with van der Waals surface area (Å²) in [5, 5.41) is 12.8. The lowest BCUT2D eigenvalue weighted by molar-refractivity contribution is 0.0776. The van der Waals surface area contributed by atoms with E-state index >= 15 is 0 Å². The van der Waals surface area contributed by atoms with E-state index in [1.165, 1.54) is 29.5 Å². The van der Waals surface area contributed by atoms with Gasteiger partial charge in [0.25, 0.3) is 5.91 Å². The van der Waals surface area contributed by atoms with Gasteiger partial charge in [-0.2, -0.15) is 0 Å². The summed E-state index contributed by atoms with van der Waals surface area (Å²) in [6.07, 6.45) is 4.94. The number of anilines is 1. The average molecular weight is 695 g/mol. The number of amides is 1. The molecule has 2 aromatic carbocycles. The van der Waals surface area contributed by atoms with Crippen LogP contribution in [0.3, 0.4) is 0 Å². The van der Waals surface area contributed by atoms with Crippen molar-refractivity contribution in [2.24, 2.45) is 0 Å². The molecule has 0 spiro atoms. The molecule has 252 valence electrons. The number of ether oxygens (including phenoxy) is 1. The van der Waals surface area contributed by atoms with Gasteiger partial charge >= 0.3 is 0 Å². The summed E-state index contributed by atoms with van der Waals surface area (Å²) in [5.74, 6) is -0.589. The second kappa shape index (κ2) is 11.9. The number of nitrogens with zero attached hydrogens (tertiary/aromatic N) is 5. The van der Waals surface area contributed by atoms with Crippen LogP contribution in [0.4, 0.5) is 19.0 Å². The second-order valence-corrected chi connectivity index (χ2v) is 13.9. The van der Waals surface area contributed by atoms with Crippen molar-refractivity contribution in [3.05, 3.63) is 106 Å². The van der Waals surface area contributed by atoms with Crippen molar-refractivity contribution in [3.8, 4) is 27.6 Å². The molecule has 3 aliphatic heterocycles. The first kappa shape index (κ1) is 30.7. The summed E-state index contributed by atoms with van der Waals surface area (Å²) in [7, 11) is 0. The molecule has 1 unspecified atom stereocenters. The zero-order valence-corrected chi connectivity index (χ0v) is 27.6. The van der Waals surface area contributed by atoms with Gasteiger partial charge < -0.3 is 19.4 Å². The Balaban J connectivity index is 1.21. The lowest BCUT2D eigenvalue weighted by atomic mass is 9.93. The number of thiophene rings is 1. The van der Waals surface area contributed by atoms with Crippen molar-refractivity contribution in [1.29, 1.82) is 0 Å². The highest BCUT2D eigenvalue weighted by Gasteiger charge is 2.45. The van der Waals surface area contributed by atoms with Crippen molar-refractivity contribution in [1.82, 2.24) is 25.1 Å². The summed E-state index contributed by atoms with van der Waals surface area (Å²) < 4.78 is 55.1. The zero-order valence-electron chi connectivity index (χ0n) is 26.8. The Labute approximate surface area is 288 Å². The Hall–Kier alpha value is -5.30. The molecule has 6 aromatic rings. The number of nitrogens with one attached hydrogen (secondary N) is 1. The number of carbonyl (C=O) groups excluding carboxylic acids is 1. The fourth-order valence-corrected chi connectivity index (χ4v) is 8.62. The maximum atomic E-state index is 14.6. The van der Waals surface area contributed by atoms with E-state index in [4.69, 9.17) is 14.1 Å². The van der Waals surface area contributed by atoms with Gasteiger partial charge in [-0.3, -0.25) is 9.78 Å². The van der Waals surface area contributed by atoms with Crippen LogP contribution in [0.25, 0.3) is 32.0 Å². The zero-order chi connectivity index (χ0) is 34.1. The van der Waals surface area contributed by atoms with Gasteiger partial charge in [0, 0.05) is 48.2 Å². The van der Waals surface area contributed by atoms with E-state index in [1.807, 2.05) is 17.0 Å². The van der Waals surface area contributed by atoms with Crippen molar-refractivity contribution in [3.63, 3.8) is 0 Å². The standard InChI is InChI=1S/C37H29F3N6O3S/c1-18-44-45-36(49-18)29-26(9-6-19-4-7-21(38)8-5-19)42-32-27-3-2-13-46(27)37(47)31(32)30(29)28-15-20-10-12-41-35(34(20)50-28)43-25-11-14-48-33-23(25)16-22(39)17-24(33)40/h4-5,7-8,10,12,15-17,25,27H,2-3,6,9,11,13-14H2,1H3,(H,41,43)/t25?,27-/m1/s1. The van der Waals surface area contributed by atoms with Gasteiger partial charge in [0.2, 0.25) is 11.8 Å². The molecule has 9 nitrogen and oxygen atoms in total. The molecule has 1 N–H and O–H groups in total. The number of halogens is 3. The largest absolute Gasteiger partial charge is 0.490 e. The number of aromatic nitrogens is 4. The van der Waals surface area contributed by atoms with Gasteiger partial charge in [-0.05, 0) is 67.0 Å². The lowest BCUT2D eigenvalue weighted by Crippen LogP contribution is -2.22. The maximum Gasteiger partial charge on any atom is 0.257 e. The topological polar surface area (TPSA) is 106 Å². The molecule has 1 fully saturated rings. The number of aryl methyl sites for hydroxylation is 3. The molecule has 13 heteroatoms. The monoisotopic (exact) mass is 694 g/mol. The fourth-order valence-electron chi connectivity index (χ4n) is 7.45. The molecule has 4 aromatic heterocycles. The number of fused-ring (bicyclic) bond motifs is 5. The summed E-state index contributed by atoms with van der Waals surface area (Å²) in [6, 6.07) is 11.9. The van der Waals surface area contributed by atoms with E-state index in [1.54, 1.807) is 25.3 Å². The number of rotatable bonds is 7. The minimum absolute atomic E-state index is 0.0354. The van der Waals surface area contributed by atoms with Crippen LogP contribution in [-0.2, 0) is 12.8 Å². The number of carbonyl (C=O) groups is 1. The van der Waals surface area contributed by atoms with Crippen molar-refractivity contribution < 1.29 is 27.1 Å². The Kier molecular flexibility index (Phi) is 7.34. The molecule has 1 saturated heterocycles. The van der Waals surface area contributed by atoms with Crippen molar-refractivity contribution in [2.75, 3.05) is 18.5 Å². The van der Waals surface area contributed by atoms with Crippen molar-refractivity contribution >= 4 is 33.1 Å². The van der Waals surface area contributed by atoms with Gasteiger partial charge in [0.15, 0.2) is 11.6 Å². The smallest absolute Gasteiger partial charge is 0.257 e. The minimum atomic E-state index is -0.744. The van der Waals surface area contributed by atoms with Gasteiger partial charge in [0.05, 0.1) is 45.9 Å². The first-order valence-corrected chi connectivity index (χ1v) is 17.3. The molecular weight excluding hydrogens is 666 g/mol. The molecule has 1 amide bonds. The van der Waals surface area contributed by atoms with Crippen LogP contribution in [0, 0.1) is 24.4 Å². The third kappa shape index (κ3) is 5.10. The van der Waals surface area contributed by atoms with Crippen LogP contribution in [0.15, 0.2) is 59.1 Å². The predicted octanol–water partition coefficient (Wildman–Crippen LogP) is 8.15. The number of pyridine rings is 2. The second-order valence-electron chi connectivity index (χ2n) is 12.8. The molecule has 9 rings (SSSR count). The SMILES string of the molecule is Cc1nnc(-c2c(CCc3ccc(F)cc3)nc3c(c2-c2cc4ccnc(NC5CCOc6c(F)cc(F)cc65)c4s2)C(=O)N2CCC[C@H]32)o1. The van der Waals surface area contributed by atoms with Crippen LogP contribution in [0.5, 0.6) is 5.75 Å². The first-order chi connectivity index (χ1) is 24.3. The summed E-state index contributed by atoms with van der Waals surface area (Å²) in [5.41, 5.74) is 4.60. The van der Waals surface area contributed by atoms with E-state index in [0.29, 0.717) is 65.5 Å². The Morgan fingerprint density at radius 2 is 1.84 bits per heavy atom. The highest BCUT2D eigenvalue weighted by Crippen LogP contribution is 2.50. The number of hydrogen-bond donors (Lipinski definition) is 1. The highest BCUT2D eigenvalue weighted by molar-refractivity contribution is 7.23. The Bertz CT molecular complexity index is 2320. The van der Waals surface area contributed by atoms with Crippen LogP contribution >= 0.6 is 11.3 Å². The van der Waals surface area contributed by atoms with E-state index < -0.39 is 17.7 Å². The average Bonchev–Trinajstić information content (AvgIpc) is 3.91. The van der Waals surface area contributed by atoms with Gasteiger partial charge in [-0.15, -0.1) is 21.5 Å². The molecule has 50 heavy (non-hydrogen) atoms. The van der Waals surface area contributed by atoms with Crippen molar-refractivity contribution in [2.45, 2.75) is 51.1 Å². The van der Waals surface area contributed by atoms with E-state index in [0.717, 1.165) is 45.1 Å². The van der Waals surface area contributed by atoms with Crippen LogP contribution in [-0.4, -0.2) is 44.1 Å². The van der Waals surface area contributed by atoms with E-state index in [-0.39, 0.29) is 36.0 Å². The van der Waals surface area contributed by atoms with Gasteiger partial charge in [-0.1, -0.05) is 12.1 Å². The third-order valence-corrected chi connectivity index (χ3v) is 10.9. The molecule has 7 heterocycles. The van der Waals surface area contributed by atoms with Gasteiger partial charge in [-0.25, -0.2) is 18.2 Å². The Morgan fingerprint density at radius 1 is 0.980 bits per heavy atom. The Morgan fingerprint density at radius 3 is 2.66 bits per heavy atom. The molecule has 0 bridgehead atoms. The fraction of sp³-hybridized carbons (Fsp3) is 0.270. The predicted molar refractivity (Wildman–Crippen MR) is 181 cm³/mol. The summed E-state index contributed by atoms with van der Waals surface area (Å²) in [4.78, 5) is 26.7. The number of hydrogen-bond acceptors (Lipinski definition) is 9. The van der Waals surface area contributed by atoms with Gasteiger partial charge in [0.1, 0.15) is 17.5 Å². The quantitative estimate of drug-likeness (QED) is 0.179. The molecule has 0 aliphatic carbocycles. The minimum Gasteiger partial charge on any atom is -0.490 e. The van der Waals surface area contributed by atoms with Crippen LogP contribution < -0.4 is 10.1 Å². The molecule has 2 atom stereocenters. The highest BCUT2D eigenvalue weighted by atomic mass is 32.1. The van der Waals surface area contributed by atoms with E-state index in [9.17, 15) is 18.0 Å². The lowest BCUT2D eigenvalue weighted by Gasteiger charge is -2.27. The number of benzene rings is 2. The molecule has 3 aliphatic rings. The first-order valence-electron chi connectivity index (χ1n) is 16.5. The summed E-state index contributed by atoms with van der Waals surface area (Å²) >= 11 is 1.46.